The molecule has 17 heavy (non-hydrogen) atoms. The van der Waals surface area contributed by atoms with Crippen LogP contribution in [0.1, 0.15) is 19.3 Å². The van der Waals surface area contributed by atoms with Crippen LogP contribution in [0, 0.1) is 0 Å². The summed E-state index contributed by atoms with van der Waals surface area (Å²) in [6.07, 6.45) is -4.72. The smallest absolute Gasteiger partial charge is 0.450 e. The average Bonchev–Trinajstić information content (AvgIpc) is 2.12. The van der Waals surface area contributed by atoms with Crippen LogP contribution in [0.25, 0.3) is 0 Å². The van der Waals surface area contributed by atoms with Gasteiger partial charge < -0.3 is 24.1 Å². The molecule has 8 nitrogen and oxygen atoms in total. The van der Waals surface area contributed by atoms with Crippen LogP contribution in [0.3, 0.4) is 0 Å². The van der Waals surface area contributed by atoms with Gasteiger partial charge in [-0.05, 0) is 0 Å². The van der Waals surface area contributed by atoms with Crippen molar-refractivity contribution in [2.75, 3.05) is 0 Å². The maximum Gasteiger partial charge on any atom is 0.518 e. The summed E-state index contributed by atoms with van der Waals surface area (Å²) in [7, 11) is 0. The van der Waals surface area contributed by atoms with E-state index in [2.05, 4.69) is 9.47 Å². The third-order valence-electron chi connectivity index (χ3n) is 2.54. The largest absolute Gasteiger partial charge is 0.518 e. The van der Waals surface area contributed by atoms with Gasteiger partial charge in [-0.1, -0.05) is 0 Å². The first-order valence-electron chi connectivity index (χ1n) is 5.01. The minimum Gasteiger partial charge on any atom is -0.450 e. The summed E-state index contributed by atoms with van der Waals surface area (Å²) in [4.78, 5) is 32.4. The molecule has 0 spiro atoms. The molecular formula is C9H10O8. The van der Waals surface area contributed by atoms with E-state index in [-0.39, 0.29) is 12.8 Å². The quantitative estimate of drug-likeness (QED) is 0.418. The topological polar surface area (TPSA) is 108 Å². The molecule has 8 heteroatoms. The second-order valence-corrected chi connectivity index (χ2v) is 3.79. The minimum absolute atomic E-state index is 0.232. The number of ether oxygens (including phenoxy) is 4. The highest BCUT2D eigenvalue weighted by Gasteiger charge is 2.38. The van der Waals surface area contributed by atoms with E-state index < -0.39 is 36.8 Å². The zero-order valence-corrected chi connectivity index (χ0v) is 8.66. The summed E-state index contributed by atoms with van der Waals surface area (Å²) in [6, 6.07) is 0. The van der Waals surface area contributed by atoms with Crippen molar-refractivity contribution >= 4 is 18.5 Å². The monoisotopic (exact) mass is 246 g/mol. The van der Waals surface area contributed by atoms with Crippen LogP contribution in [0.15, 0.2) is 0 Å². The van der Waals surface area contributed by atoms with Gasteiger partial charge in [0.1, 0.15) is 18.3 Å². The van der Waals surface area contributed by atoms with Crippen molar-refractivity contribution in [2.24, 2.45) is 0 Å². The Morgan fingerprint density at radius 2 is 1.65 bits per heavy atom. The number of carboxylic acid groups (broad SMARTS) is 1. The maximum absolute atomic E-state index is 11.0. The van der Waals surface area contributed by atoms with Crippen molar-refractivity contribution in [3.63, 3.8) is 0 Å². The number of hydrogen-bond acceptors (Lipinski definition) is 7. The number of hydrogen-bond donors (Lipinski definition) is 1. The predicted molar refractivity (Wildman–Crippen MR) is 48.4 cm³/mol. The molecule has 0 amide bonds. The molecule has 2 rings (SSSR count). The molecule has 2 bridgehead atoms. The Hall–Kier alpha value is -1.99. The molecule has 1 aliphatic heterocycles. The molecule has 94 valence electrons. The standard InChI is InChI=1S/C9H10O8/c10-7(11)14-4-1-5-3-6(2-4)16-9(13)17-8(12)15-5/h4-6H,1-3H2,(H,10,11). The van der Waals surface area contributed by atoms with Crippen molar-refractivity contribution in [1.29, 1.82) is 0 Å². The summed E-state index contributed by atoms with van der Waals surface area (Å²) in [6.45, 7) is 0. The number of carbonyl (C=O) groups is 3. The Bertz CT molecular complexity index is 327. The van der Waals surface area contributed by atoms with E-state index in [0.29, 0.717) is 6.42 Å². The lowest BCUT2D eigenvalue weighted by atomic mass is 9.92. The molecule has 1 saturated heterocycles. The van der Waals surface area contributed by atoms with E-state index in [9.17, 15) is 14.4 Å². The second kappa shape index (κ2) is 4.48. The summed E-state index contributed by atoms with van der Waals surface area (Å²) < 4.78 is 18.4. The van der Waals surface area contributed by atoms with Gasteiger partial charge in [0.2, 0.25) is 0 Å². The third-order valence-corrected chi connectivity index (χ3v) is 2.54. The van der Waals surface area contributed by atoms with E-state index in [1.54, 1.807) is 0 Å². The summed E-state index contributed by atoms with van der Waals surface area (Å²) in [5, 5.41) is 8.50. The van der Waals surface area contributed by atoms with Gasteiger partial charge in [-0.15, -0.1) is 0 Å². The zero-order chi connectivity index (χ0) is 12.4. The minimum atomic E-state index is -1.42. The first-order chi connectivity index (χ1) is 8.02. The SMILES string of the molecule is O=C(O)OC1CC2CC(C1)OC(=O)OC(=O)O2. The molecule has 1 heterocycles. The van der Waals surface area contributed by atoms with E-state index in [0.717, 1.165) is 0 Å². The van der Waals surface area contributed by atoms with Crippen LogP contribution in [0.4, 0.5) is 14.4 Å². The Balaban J connectivity index is 2.04. The predicted octanol–water partition coefficient (Wildman–Crippen LogP) is 1.27. The Kier molecular flexibility index (Phi) is 3.03. The molecule has 2 atom stereocenters. The van der Waals surface area contributed by atoms with Crippen molar-refractivity contribution < 1.29 is 38.4 Å². The van der Waals surface area contributed by atoms with Gasteiger partial charge in [-0.3, -0.25) is 0 Å². The van der Waals surface area contributed by atoms with Crippen LogP contribution >= 0.6 is 0 Å². The van der Waals surface area contributed by atoms with Crippen molar-refractivity contribution in [2.45, 2.75) is 37.6 Å². The molecule has 2 fully saturated rings. The number of carbonyl (C=O) groups excluding carboxylic acids is 2. The molecule has 0 aromatic heterocycles. The van der Waals surface area contributed by atoms with Crippen LogP contribution in [-0.4, -0.2) is 41.9 Å². The number of rotatable bonds is 1. The van der Waals surface area contributed by atoms with Gasteiger partial charge in [0.05, 0.1) is 0 Å². The molecule has 2 aliphatic rings. The van der Waals surface area contributed by atoms with Crippen molar-refractivity contribution in [3.05, 3.63) is 0 Å². The molecule has 0 aromatic carbocycles. The molecular weight excluding hydrogens is 236 g/mol. The summed E-state index contributed by atoms with van der Waals surface area (Å²) >= 11 is 0. The Labute approximate surface area is 95.4 Å². The zero-order valence-electron chi connectivity index (χ0n) is 8.66. The van der Waals surface area contributed by atoms with Crippen molar-refractivity contribution in [1.82, 2.24) is 0 Å². The van der Waals surface area contributed by atoms with Gasteiger partial charge in [-0.25, -0.2) is 14.4 Å². The lowest BCUT2D eigenvalue weighted by Gasteiger charge is -2.33. The number of cyclic esters (lactones) is 2. The molecule has 2 unspecified atom stereocenters. The van der Waals surface area contributed by atoms with Crippen LogP contribution in [0.2, 0.25) is 0 Å². The molecule has 1 N–H and O–H groups in total. The van der Waals surface area contributed by atoms with Gasteiger partial charge >= 0.3 is 18.5 Å². The lowest BCUT2D eigenvalue weighted by Crippen LogP contribution is -2.42. The Morgan fingerprint density at radius 3 is 2.12 bits per heavy atom. The van der Waals surface area contributed by atoms with E-state index >= 15 is 0 Å². The first kappa shape index (κ1) is 11.5. The lowest BCUT2D eigenvalue weighted by molar-refractivity contribution is -0.0898. The molecule has 0 aromatic rings. The highest BCUT2D eigenvalue weighted by molar-refractivity contribution is 5.77. The molecule has 0 radical (unpaired) electrons. The maximum atomic E-state index is 11.0. The normalized spacial score (nSPS) is 32.4. The third kappa shape index (κ3) is 2.99. The molecule has 1 aliphatic carbocycles. The molecule has 1 saturated carbocycles. The fourth-order valence-corrected chi connectivity index (χ4v) is 1.99. The van der Waals surface area contributed by atoms with E-state index in [1.807, 2.05) is 0 Å². The summed E-state index contributed by atoms with van der Waals surface area (Å²) in [5.41, 5.74) is 0. The van der Waals surface area contributed by atoms with Gasteiger partial charge in [-0.2, -0.15) is 0 Å². The van der Waals surface area contributed by atoms with Gasteiger partial charge in [0.25, 0.3) is 0 Å². The average molecular weight is 246 g/mol. The van der Waals surface area contributed by atoms with Gasteiger partial charge in [0.15, 0.2) is 0 Å². The summed E-state index contributed by atoms with van der Waals surface area (Å²) in [5.74, 6) is 0. The fraction of sp³-hybridized carbons (Fsp3) is 0.667. The van der Waals surface area contributed by atoms with Crippen LogP contribution < -0.4 is 0 Å². The van der Waals surface area contributed by atoms with Gasteiger partial charge in [0, 0.05) is 19.3 Å². The van der Waals surface area contributed by atoms with Crippen LogP contribution in [0.5, 0.6) is 0 Å². The van der Waals surface area contributed by atoms with E-state index in [4.69, 9.17) is 14.6 Å². The highest BCUT2D eigenvalue weighted by atomic mass is 16.8. The first-order valence-corrected chi connectivity index (χ1v) is 5.01. The fourth-order valence-electron chi connectivity index (χ4n) is 1.99. The Morgan fingerprint density at radius 1 is 1.12 bits per heavy atom. The second-order valence-electron chi connectivity index (χ2n) is 3.79. The highest BCUT2D eigenvalue weighted by Crippen LogP contribution is 2.28. The van der Waals surface area contributed by atoms with E-state index in [1.165, 1.54) is 0 Å². The van der Waals surface area contributed by atoms with Crippen LogP contribution in [-0.2, 0) is 18.9 Å². The van der Waals surface area contributed by atoms with Crippen molar-refractivity contribution in [3.8, 4) is 0 Å². The number of fused-ring (bicyclic) bond motifs is 2.